The Morgan fingerprint density at radius 1 is 1.12 bits per heavy atom. The quantitative estimate of drug-likeness (QED) is 0.365. The van der Waals surface area contributed by atoms with Crippen LogP contribution in [0.4, 0.5) is 5.69 Å². The van der Waals surface area contributed by atoms with Crippen LogP contribution >= 0.6 is 24.0 Å². The van der Waals surface area contributed by atoms with E-state index >= 15 is 0 Å². The highest BCUT2D eigenvalue weighted by molar-refractivity contribution is 7.98. The van der Waals surface area contributed by atoms with Crippen molar-refractivity contribution in [2.75, 3.05) is 38.9 Å². The van der Waals surface area contributed by atoms with E-state index in [0.717, 1.165) is 66.2 Å². The normalized spacial score (nSPS) is 14.2. The third-order valence-electron chi connectivity index (χ3n) is 5.98. The molecule has 2 aromatic carbocycles. The number of benzene rings is 2. The van der Waals surface area contributed by atoms with Crippen molar-refractivity contribution in [3.05, 3.63) is 66.2 Å². The molecule has 0 atom stereocenters. The second-order valence-electron chi connectivity index (χ2n) is 8.06. The fourth-order valence-corrected chi connectivity index (χ4v) is 4.97. The van der Waals surface area contributed by atoms with Gasteiger partial charge in [-0.25, -0.2) is 4.98 Å². The molecule has 0 aliphatic carbocycles. The molecule has 0 radical (unpaired) electrons. The van der Waals surface area contributed by atoms with E-state index in [1.165, 1.54) is 4.90 Å². The second-order valence-corrected chi connectivity index (χ2v) is 9.32. The van der Waals surface area contributed by atoms with E-state index in [9.17, 15) is 0 Å². The molecule has 8 heteroatoms. The van der Waals surface area contributed by atoms with Gasteiger partial charge in [0.15, 0.2) is 5.11 Å². The lowest BCUT2D eigenvalue weighted by Gasteiger charge is -2.33. The van der Waals surface area contributed by atoms with Gasteiger partial charge in [0.2, 0.25) is 0 Å². The summed E-state index contributed by atoms with van der Waals surface area (Å²) in [5, 5.41) is 4.19. The van der Waals surface area contributed by atoms with Crippen molar-refractivity contribution in [1.29, 1.82) is 0 Å². The van der Waals surface area contributed by atoms with Crippen LogP contribution in [0.25, 0.3) is 0 Å². The summed E-state index contributed by atoms with van der Waals surface area (Å²) >= 11 is 7.43. The summed E-state index contributed by atoms with van der Waals surface area (Å²) in [6, 6.07) is 14.3. The minimum atomic E-state index is 0.409. The summed E-state index contributed by atoms with van der Waals surface area (Å²) in [5.41, 5.74) is 2.17. The molecular weight excluding hydrogens is 452 g/mol. The molecule has 2 heterocycles. The SMILES string of the molecule is COc1cc(Cn2ccnc2C2CCN(C(=S)Nc3cccc(SC)c3)CC2)cc(OC)c1. The minimum absolute atomic E-state index is 0.409. The summed E-state index contributed by atoms with van der Waals surface area (Å²) < 4.78 is 13.1. The van der Waals surface area contributed by atoms with Crippen LogP contribution < -0.4 is 14.8 Å². The Morgan fingerprint density at radius 2 is 1.85 bits per heavy atom. The molecule has 174 valence electrons. The molecule has 1 aromatic heterocycles. The highest BCUT2D eigenvalue weighted by Gasteiger charge is 2.25. The Bertz CT molecular complexity index is 1070. The number of thioether (sulfide) groups is 1. The number of ether oxygens (including phenoxy) is 2. The van der Waals surface area contributed by atoms with Crippen LogP contribution in [0, 0.1) is 0 Å². The standard InChI is InChI=1S/C25H30N4O2S2/c1-30-21-13-18(14-22(16-21)31-2)17-29-12-9-26-24(29)19-7-10-28(11-8-19)25(32)27-20-5-4-6-23(15-20)33-3/h4-6,9,12-16,19H,7-8,10-11,17H2,1-3H3,(H,27,32). The number of piperidine rings is 1. The highest BCUT2D eigenvalue weighted by Crippen LogP contribution is 2.29. The maximum atomic E-state index is 5.70. The number of hydrogen-bond donors (Lipinski definition) is 1. The molecule has 3 aromatic rings. The number of imidazole rings is 1. The third kappa shape index (κ3) is 5.81. The number of anilines is 1. The van der Waals surface area contributed by atoms with Crippen LogP contribution in [0.3, 0.4) is 0 Å². The number of likely N-dealkylation sites (tertiary alicyclic amines) is 1. The van der Waals surface area contributed by atoms with Crippen molar-refractivity contribution in [2.24, 2.45) is 0 Å². The number of methoxy groups -OCH3 is 2. The molecular formula is C25H30N4O2S2. The molecule has 4 rings (SSSR count). The highest BCUT2D eigenvalue weighted by atomic mass is 32.2. The summed E-state index contributed by atoms with van der Waals surface area (Å²) in [4.78, 5) is 8.19. The number of nitrogens with one attached hydrogen (secondary N) is 1. The summed E-state index contributed by atoms with van der Waals surface area (Å²) in [7, 11) is 3.35. The predicted octanol–water partition coefficient (Wildman–Crippen LogP) is 5.25. The van der Waals surface area contributed by atoms with Gasteiger partial charge in [0.25, 0.3) is 0 Å². The van der Waals surface area contributed by atoms with E-state index in [0.29, 0.717) is 5.92 Å². The van der Waals surface area contributed by atoms with Gasteiger partial charge in [-0.3, -0.25) is 0 Å². The van der Waals surface area contributed by atoms with E-state index in [2.05, 4.69) is 51.5 Å². The van der Waals surface area contributed by atoms with Gasteiger partial charge in [-0.1, -0.05) is 6.07 Å². The molecule has 0 saturated carbocycles. The van der Waals surface area contributed by atoms with Gasteiger partial charge in [0.1, 0.15) is 17.3 Å². The van der Waals surface area contributed by atoms with Gasteiger partial charge in [0, 0.05) is 54.6 Å². The molecule has 1 N–H and O–H groups in total. The van der Waals surface area contributed by atoms with Crippen LogP contribution in [0.2, 0.25) is 0 Å². The maximum absolute atomic E-state index is 5.70. The molecule has 0 amide bonds. The van der Waals surface area contributed by atoms with Crippen LogP contribution in [-0.4, -0.2) is 53.1 Å². The zero-order valence-electron chi connectivity index (χ0n) is 19.3. The van der Waals surface area contributed by atoms with Crippen molar-refractivity contribution >= 4 is 34.8 Å². The molecule has 0 unspecified atom stereocenters. The lowest BCUT2D eigenvalue weighted by molar-refractivity contribution is 0.307. The third-order valence-corrected chi connectivity index (χ3v) is 7.07. The molecule has 1 aliphatic heterocycles. The van der Waals surface area contributed by atoms with Gasteiger partial charge < -0.3 is 24.3 Å². The van der Waals surface area contributed by atoms with Gasteiger partial charge in [-0.2, -0.15) is 0 Å². The van der Waals surface area contributed by atoms with Crippen molar-refractivity contribution in [3.63, 3.8) is 0 Å². The Kier molecular flexibility index (Phi) is 7.77. The Balaban J connectivity index is 1.38. The Morgan fingerprint density at radius 3 is 2.52 bits per heavy atom. The molecule has 0 spiro atoms. The van der Waals surface area contributed by atoms with E-state index < -0.39 is 0 Å². The van der Waals surface area contributed by atoms with E-state index in [1.54, 1.807) is 26.0 Å². The van der Waals surface area contributed by atoms with Crippen molar-refractivity contribution in [2.45, 2.75) is 30.2 Å². The maximum Gasteiger partial charge on any atom is 0.173 e. The first-order chi connectivity index (χ1) is 16.1. The van der Waals surface area contributed by atoms with Crippen LogP contribution in [-0.2, 0) is 6.54 Å². The summed E-state index contributed by atoms with van der Waals surface area (Å²) in [6.07, 6.45) is 8.07. The fourth-order valence-electron chi connectivity index (χ4n) is 4.21. The van der Waals surface area contributed by atoms with Crippen LogP contribution in [0.1, 0.15) is 30.1 Å². The number of aromatic nitrogens is 2. The van der Waals surface area contributed by atoms with Gasteiger partial charge in [-0.15, -0.1) is 11.8 Å². The van der Waals surface area contributed by atoms with Crippen LogP contribution in [0.5, 0.6) is 11.5 Å². The Labute approximate surface area is 205 Å². The average Bonchev–Trinajstić information content (AvgIpc) is 3.31. The van der Waals surface area contributed by atoms with Gasteiger partial charge in [0.05, 0.1) is 14.2 Å². The van der Waals surface area contributed by atoms with Gasteiger partial charge in [-0.05, 0) is 67.2 Å². The lowest BCUT2D eigenvalue weighted by atomic mass is 9.96. The number of rotatable bonds is 7. The van der Waals surface area contributed by atoms with E-state index in [1.807, 2.05) is 24.4 Å². The van der Waals surface area contributed by atoms with E-state index in [-0.39, 0.29) is 0 Å². The zero-order chi connectivity index (χ0) is 23.2. The summed E-state index contributed by atoms with van der Waals surface area (Å²) in [5.74, 6) is 3.13. The lowest BCUT2D eigenvalue weighted by Crippen LogP contribution is -2.40. The van der Waals surface area contributed by atoms with Crippen molar-refractivity contribution in [3.8, 4) is 11.5 Å². The van der Waals surface area contributed by atoms with Crippen LogP contribution in [0.15, 0.2) is 59.8 Å². The van der Waals surface area contributed by atoms with E-state index in [4.69, 9.17) is 26.7 Å². The molecule has 1 saturated heterocycles. The number of hydrogen-bond acceptors (Lipinski definition) is 5. The first-order valence-electron chi connectivity index (χ1n) is 11.0. The topological polar surface area (TPSA) is 51.5 Å². The largest absolute Gasteiger partial charge is 0.497 e. The molecule has 33 heavy (non-hydrogen) atoms. The Hall–Kier alpha value is -2.71. The summed E-state index contributed by atoms with van der Waals surface area (Å²) in [6.45, 7) is 2.56. The molecule has 0 bridgehead atoms. The number of thiocarbonyl (C=S) groups is 1. The second kappa shape index (κ2) is 10.9. The molecule has 6 nitrogen and oxygen atoms in total. The first kappa shape index (κ1) is 23.4. The minimum Gasteiger partial charge on any atom is -0.497 e. The fraction of sp³-hybridized carbons (Fsp3) is 0.360. The smallest absolute Gasteiger partial charge is 0.173 e. The van der Waals surface area contributed by atoms with Crippen molar-refractivity contribution < 1.29 is 9.47 Å². The monoisotopic (exact) mass is 482 g/mol. The number of nitrogens with zero attached hydrogens (tertiary/aromatic N) is 3. The van der Waals surface area contributed by atoms with Gasteiger partial charge >= 0.3 is 0 Å². The zero-order valence-corrected chi connectivity index (χ0v) is 20.9. The van der Waals surface area contributed by atoms with Crippen molar-refractivity contribution in [1.82, 2.24) is 14.5 Å². The first-order valence-corrected chi connectivity index (χ1v) is 12.7. The molecule has 1 aliphatic rings. The molecule has 1 fully saturated rings. The predicted molar refractivity (Wildman–Crippen MR) is 139 cm³/mol. The average molecular weight is 483 g/mol.